The van der Waals surface area contributed by atoms with Gasteiger partial charge in [-0.15, -0.1) is 0 Å². The zero-order valence-corrected chi connectivity index (χ0v) is 13.4. The maximum atomic E-state index is 12.1. The maximum absolute atomic E-state index is 12.1. The lowest BCUT2D eigenvalue weighted by Gasteiger charge is -1.99. The monoisotopic (exact) mass is 340 g/mol. The number of nitrogens with one attached hydrogen (secondary N) is 2. The second-order valence-corrected chi connectivity index (χ2v) is 5.39. The number of aryl methyl sites for hydroxylation is 1. The summed E-state index contributed by atoms with van der Waals surface area (Å²) in [4.78, 5) is 22.9. The van der Waals surface area contributed by atoms with Crippen molar-refractivity contribution < 1.29 is 19.2 Å². The normalized spacial score (nSPS) is 10.6. The largest absolute Gasteiger partial charge is 0.476 e. The minimum Gasteiger partial charge on any atom is -0.476 e. The van der Waals surface area contributed by atoms with Gasteiger partial charge in [-0.3, -0.25) is 9.89 Å². The molecule has 0 aliphatic heterocycles. The van der Waals surface area contributed by atoms with Gasteiger partial charge in [0.25, 0.3) is 5.91 Å². The Kier molecular flexibility index (Phi) is 4.60. The standard InChI is InChI=1S/C17H16N4O4/c1-2-10-3-5-11(6-4-10)15-8-13(21-25-15)16(22)18-9-12-7-14(17(23)24)20-19-12/h3-8H,2,9H2,1H3,(H,18,22)(H,19,20)(H,23,24). The molecule has 0 unspecified atom stereocenters. The summed E-state index contributed by atoms with van der Waals surface area (Å²) >= 11 is 0. The van der Waals surface area contributed by atoms with Crippen LogP contribution in [-0.4, -0.2) is 32.3 Å². The fraction of sp³-hybridized carbons (Fsp3) is 0.176. The van der Waals surface area contributed by atoms with Gasteiger partial charge >= 0.3 is 5.97 Å². The second kappa shape index (κ2) is 7.00. The van der Waals surface area contributed by atoms with Crippen LogP contribution < -0.4 is 5.32 Å². The van der Waals surface area contributed by atoms with Crippen molar-refractivity contribution in [2.45, 2.75) is 19.9 Å². The number of carbonyl (C=O) groups excluding carboxylic acids is 1. The van der Waals surface area contributed by atoms with E-state index in [4.69, 9.17) is 9.63 Å². The fourth-order valence-corrected chi connectivity index (χ4v) is 2.25. The Morgan fingerprint density at radius 1 is 1.20 bits per heavy atom. The Morgan fingerprint density at radius 2 is 1.96 bits per heavy atom. The van der Waals surface area contributed by atoms with Crippen molar-refractivity contribution in [1.29, 1.82) is 0 Å². The Bertz CT molecular complexity index is 896. The minimum atomic E-state index is -1.14. The van der Waals surface area contributed by atoms with Crippen LogP contribution in [0, 0.1) is 0 Å². The number of hydrogen-bond donors (Lipinski definition) is 3. The molecule has 3 aromatic rings. The Morgan fingerprint density at radius 3 is 2.60 bits per heavy atom. The first-order chi connectivity index (χ1) is 12.1. The molecule has 1 aromatic carbocycles. The topological polar surface area (TPSA) is 121 Å². The summed E-state index contributed by atoms with van der Waals surface area (Å²) < 4.78 is 5.22. The van der Waals surface area contributed by atoms with Gasteiger partial charge in [-0.25, -0.2) is 4.79 Å². The molecule has 128 valence electrons. The summed E-state index contributed by atoms with van der Waals surface area (Å²) in [7, 11) is 0. The number of hydrogen-bond acceptors (Lipinski definition) is 5. The first kappa shape index (κ1) is 16.4. The molecule has 25 heavy (non-hydrogen) atoms. The average Bonchev–Trinajstić information content (AvgIpc) is 3.29. The Labute approximate surface area is 142 Å². The summed E-state index contributed by atoms with van der Waals surface area (Å²) in [6.45, 7) is 2.18. The molecule has 2 aromatic heterocycles. The van der Waals surface area contributed by atoms with Crippen LogP contribution in [0.1, 0.15) is 39.2 Å². The molecule has 1 amide bonds. The van der Waals surface area contributed by atoms with Crippen molar-refractivity contribution >= 4 is 11.9 Å². The van der Waals surface area contributed by atoms with E-state index in [2.05, 4.69) is 27.6 Å². The number of carboxylic acid groups (broad SMARTS) is 1. The quantitative estimate of drug-likeness (QED) is 0.633. The number of nitrogens with zero attached hydrogens (tertiary/aromatic N) is 2. The van der Waals surface area contributed by atoms with Gasteiger partial charge in [-0.1, -0.05) is 36.3 Å². The molecule has 0 spiro atoms. The third kappa shape index (κ3) is 3.74. The van der Waals surface area contributed by atoms with Crippen LogP contribution in [0.5, 0.6) is 0 Å². The molecule has 3 rings (SSSR count). The van der Waals surface area contributed by atoms with Crippen LogP contribution in [0.2, 0.25) is 0 Å². The van der Waals surface area contributed by atoms with Gasteiger partial charge in [-0.2, -0.15) is 5.10 Å². The van der Waals surface area contributed by atoms with Crippen LogP contribution in [0.3, 0.4) is 0 Å². The highest BCUT2D eigenvalue weighted by atomic mass is 16.5. The maximum Gasteiger partial charge on any atom is 0.356 e. The van der Waals surface area contributed by atoms with Crippen molar-refractivity contribution in [3.8, 4) is 11.3 Å². The van der Waals surface area contributed by atoms with Crippen LogP contribution in [0.4, 0.5) is 0 Å². The predicted molar refractivity (Wildman–Crippen MR) is 88.0 cm³/mol. The van der Waals surface area contributed by atoms with E-state index >= 15 is 0 Å². The molecule has 0 saturated heterocycles. The van der Waals surface area contributed by atoms with Gasteiger partial charge < -0.3 is 14.9 Å². The predicted octanol–water partition coefficient (Wildman–Crippen LogP) is 2.26. The number of aromatic carboxylic acids is 1. The van der Waals surface area contributed by atoms with Crippen molar-refractivity contribution in [2.24, 2.45) is 0 Å². The van der Waals surface area contributed by atoms with E-state index in [1.54, 1.807) is 6.07 Å². The van der Waals surface area contributed by atoms with Crippen molar-refractivity contribution in [3.05, 3.63) is 59.0 Å². The zero-order chi connectivity index (χ0) is 17.8. The summed E-state index contributed by atoms with van der Waals surface area (Å²) in [6, 6.07) is 10.7. The van der Waals surface area contributed by atoms with Gasteiger partial charge in [0.05, 0.1) is 12.2 Å². The lowest BCUT2D eigenvalue weighted by Crippen LogP contribution is -2.23. The molecule has 0 aliphatic carbocycles. The van der Waals surface area contributed by atoms with Crippen LogP contribution in [-0.2, 0) is 13.0 Å². The highest BCUT2D eigenvalue weighted by molar-refractivity contribution is 5.93. The van der Waals surface area contributed by atoms with Gasteiger partial charge in [0.15, 0.2) is 17.1 Å². The van der Waals surface area contributed by atoms with E-state index < -0.39 is 11.9 Å². The lowest BCUT2D eigenvalue weighted by molar-refractivity contribution is 0.0690. The average molecular weight is 340 g/mol. The van der Waals surface area contributed by atoms with E-state index in [1.807, 2.05) is 24.3 Å². The SMILES string of the molecule is CCc1ccc(-c2cc(C(=O)NCc3cc(C(=O)O)n[nH]3)no2)cc1. The van der Waals surface area contributed by atoms with Crippen LogP contribution >= 0.6 is 0 Å². The molecular formula is C17H16N4O4. The summed E-state index contributed by atoms with van der Waals surface area (Å²) in [5.74, 6) is -1.06. The van der Waals surface area contributed by atoms with Crippen molar-refractivity contribution in [3.63, 3.8) is 0 Å². The number of amides is 1. The highest BCUT2D eigenvalue weighted by Gasteiger charge is 2.14. The number of aromatic amines is 1. The molecule has 2 heterocycles. The van der Waals surface area contributed by atoms with E-state index in [-0.39, 0.29) is 17.9 Å². The molecule has 8 heteroatoms. The van der Waals surface area contributed by atoms with E-state index in [9.17, 15) is 9.59 Å². The number of carboxylic acids is 1. The van der Waals surface area contributed by atoms with E-state index in [1.165, 1.54) is 11.6 Å². The van der Waals surface area contributed by atoms with E-state index in [0.29, 0.717) is 11.5 Å². The molecule has 0 fully saturated rings. The first-order valence-electron chi connectivity index (χ1n) is 7.68. The molecule has 0 aliphatic rings. The number of benzene rings is 1. The number of rotatable bonds is 6. The highest BCUT2D eigenvalue weighted by Crippen LogP contribution is 2.21. The van der Waals surface area contributed by atoms with Crippen molar-refractivity contribution in [1.82, 2.24) is 20.7 Å². The third-order valence-corrected chi connectivity index (χ3v) is 3.68. The zero-order valence-electron chi connectivity index (χ0n) is 13.4. The molecule has 0 radical (unpaired) electrons. The Balaban J connectivity index is 1.64. The molecular weight excluding hydrogens is 324 g/mol. The van der Waals surface area contributed by atoms with E-state index in [0.717, 1.165) is 12.0 Å². The summed E-state index contributed by atoms with van der Waals surface area (Å²) in [5, 5.41) is 21.4. The Hall–Kier alpha value is -3.42. The van der Waals surface area contributed by atoms with Gasteiger partial charge in [0.1, 0.15) is 0 Å². The first-order valence-corrected chi connectivity index (χ1v) is 7.68. The van der Waals surface area contributed by atoms with Crippen LogP contribution in [0.25, 0.3) is 11.3 Å². The van der Waals surface area contributed by atoms with Gasteiger partial charge in [0, 0.05) is 11.6 Å². The fourth-order valence-electron chi connectivity index (χ4n) is 2.25. The number of aromatic nitrogens is 3. The summed E-state index contributed by atoms with van der Waals surface area (Å²) in [5.41, 5.74) is 2.56. The number of H-pyrrole nitrogens is 1. The third-order valence-electron chi connectivity index (χ3n) is 3.68. The number of carbonyl (C=O) groups is 2. The van der Waals surface area contributed by atoms with Crippen molar-refractivity contribution in [2.75, 3.05) is 0 Å². The molecule has 3 N–H and O–H groups in total. The molecule has 0 bridgehead atoms. The smallest absolute Gasteiger partial charge is 0.356 e. The lowest BCUT2D eigenvalue weighted by atomic mass is 10.1. The minimum absolute atomic E-state index is 0.104. The molecule has 0 saturated carbocycles. The van der Waals surface area contributed by atoms with Gasteiger partial charge in [0.2, 0.25) is 0 Å². The molecule has 0 atom stereocenters. The second-order valence-electron chi connectivity index (χ2n) is 5.39. The van der Waals surface area contributed by atoms with Crippen LogP contribution in [0.15, 0.2) is 40.9 Å². The summed E-state index contributed by atoms with van der Waals surface area (Å²) in [6.07, 6.45) is 0.946. The van der Waals surface area contributed by atoms with Gasteiger partial charge in [-0.05, 0) is 18.1 Å². The molecule has 8 nitrogen and oxygen atoms in total.